The maximum atomic E-state index is 2.33. The fraction of sp³-hybridized carbons (Fsp3) is 0.111. The number of hydrogen-bond donors (Lipinski definition) is 0. The lowest BCUT2D eigenvalue weighted by molar-refractivity contribution is -0.00000560. The summed E-state index contributed by atoms with van der Waals surface area (Å²) in [6, 6.07) is 40.2. The summed E-state index contributed by atoms with van der Waals surface area (Å²) in [6.45, 7) is 4.42. The fourth-order valence-corrected chi connectivity index (χ4v) is 8.40. The van der Waals surface area contributed by atoms with Crippen LogP contribution in [0.5, 0.6) is 0 Å². The Morgan fingerprint density at radius 1 is 0.552 bits per heavy atom. The van der Waals surface area contributed by atoms with E-state index in [2.05, 4.69) is 123 Å². The first-order valence-electron chi connectivity index (χ1n) is 9.81. The number of rotatable bonds is 5. The predicted octanol–water partition coefficient (Wildman–Crippen LogP) is 2.80. The SMILES string of the molecule is Cc1ccc(C[P+](c2ccccc2)(c2ccccc2)c2ccccc2)c(C)c1.[Br-]. The van der Waals surface area contributed by atoms with Gasteiger partial charge in [-0.25, -0.2) is 0 Å². The van der Waals surface area contributed by atoms with Crippen molar-refractivity contribution >= 4 is 23.2 Å². The first-order chi connectivity index (χ1) is 13.7. The lowest BCUT2D eigenvalue weighted by atomic mass is 10.1. The minimum absolute atomic E-state index is 0. The number of hydrogen-bond acceptors (Lipinski definition) is 0. The molecule has 29 heavy (non-hydrogen) atoms. The van der Waals surface area contributed by atoms with Crippen molar-refractivity contribution in [1.82, 2.24) is 0 Å². The summed E-state index contributed by atoms with van der Waals surface area (Å²) in [5.74, 6) is 0. The summed E-state index contributed by atoms with van der Waals surface area (Å²) in [5, 5.41) is 4.31. The molecule has 4 rings (SSSR count). The van der Waals surface area contributed by atoms with Gasteiger partial charge in [0, 0.05) is 0 Å². The minimum atomic E-state index is -1.82. The quantitative estimate of drug-likeness (QED) is 0.401. The van der Waals surface area contributed by atoms with Gasteiger partial charge in [-0.05, 0) is 61.4 Å². The molecular weight excluding hydrogens is 435 g/mol. The van der Waals surface area contributed by atoms with Crippen LogP contribution in [0.2, 0.25) is 0 Å². The second-order valence-corrected chi connectivity index (χ2v) is 10.9. The number of benzene rings is 4. The van der Waals surface area contributed by atoms with Gasteiger partial charge in [-0.2, -0.15) is 0 Å². The Morgan fingerprint density at radius 3 is 1.34 bits per heavy atom. The molecule has 0 spiro atoms. The summed E-state index contributed by atoms with van der Waals surface area (Å²) in [5.41, 5.74) is 4.15. The van der Waals surface area contributed by atoms with Crippen molar-refractivity contribution < 1.29 is 17.0 Å². The van der Waals surface area contributed by atoms with Crippen molar-refractivity contribution in [3.63, 3.8) is 0 Å². The van der Waals surface area contributed by atoms with Crippen molar-refractivity contribution in [3.8, 4) is 0 Å². The highest BCUT2D eigenvalue weighted by Gasteiger charge is 2.45. The van der Waals surface area contributed by atoms with Crippen LogP contribution < -0.4 is 32.9 Å². The van der Waals surface area contributed by atoms with Crippen molar-refractivity contribution in [3.05, 3.63) is 126 Å². The van der Waals surface area contributed by atoms with Crippen LogP contribution >= 0.6 is 7.26 Å². The molecule has 2 heteroatoms. The topological polar surface area (TPSA) is 0 Å². The van der Waals surface area contributed by atoms with E-state index in [1.165, 1.54) is 32.6 Å². The van der Waals surface area contributed by atoms with E-state index in [0.717, 1.165) is 6.16 Å². The van der Waals surface area contributed by atoms with E-state index in [4.69, 9.17) is 0 Å². The Labute approximate surface area is 185 Å². The summed E-state index contributed by atoms with van der Waals surface area (Å²) < 4.78 is 0. The van der Waals surface area contributed by atoms with Crippen molar-refractivity contribution in [1.29, 1.82) is 0 Å². The number of aryl methyl sites for hydroxylation is 2. The second-order valence-electron chi connectivity index (χ2n) is 7.40. The first kappa shape index (κ1) is 21.5. The Bertz CT molecular complexity index is 947. The zero-order chi connectivity index (χ0) is 19.4. The maximum Gasteiger partial charge on any atom is 0.116 e. The van der Waals surface area contributed by atoms with Crippen LogP contribution in [-0.4, -0.2) is 0 Å². The van der Waals surface area contributed by atoms with Gasteiger partial charge in [-0.1, -0.05) is 78.4 Å². The molecule has 0 radical (unpaired) electrons. The van der Waals surface area contributed by atoms with E-state index in [9.17, 15) is 0 Å². The Kier molecular flexibility index (Phi) is 7.06. The lowest BCUT2D eigenvalue weighted by Crippen LogP contribution is -3.00. The van der Waals surface area contributed by atoms with E-state index in [1.807, 2.05) is 0 Å². The van der Waals surface area contributed by atoms with Crippen molar-refractivity contribution in [2.24, 2.45) is 0 Å². The van der Waals surface area contributed by atoms with Crippen LogP contribution in [0, 0.1) is 13.8 Å². The normalized spacial score (nSPS) is 11.0. The molecular formula is C27H26BrP. The molecule has 0 bridgehead atoms. The molecule has 0 atom stereocenters. The average molecular weight is 461 g/mol. The van der Waals surface area contributed by atoms with Gasteiger partial charge in [0.2, 0.25) is 0 Å². The van der Waals surface area contributed by atoms with Gasteiger partial charge in [0.25, 0.3) is 0 Å². The van der Waals surface area contributed by atoms with Gasteiger partial charge in [0.1, 0.15) is 23.2 Å². The zero-order valence-electron chi connectivity index (χ0n) is 16.9. The Morgan fingerprint density at radius 2 is 0.966 bits per heavy atom. The molecule has 0 aliphatic rings. The molecule has 0 amide bonds. The molecule has 0 aliphatic carbocycles. The molecule has 4 aromatic rings. The van der Waals surface area contributed by atoms with Crippen LogP contribution in [-0.2, 0) is 6.16 Å². The lowest BCUT2D eigenvalue weighted by Gasteiger charge is -2.28. The molecule has 0 N–H and O–H groups in total. The average Bonchev–Trinajstić information content (AvgIpc) is 2.75. The van der Waals surface area contributed by atoms with E-state index >= 15 is 0 Å². The van der Waals surface area contributed by atoms with E-state index in [1.54, 1.807) is 0 Å². The molecule has 0 saturated heterocycles. The van der Waals surface area contributed by atoms with Crippen LogP contribution in [0.4, 0.5) is 0 Å². The minimum Gasteiger partial charge on any atom is -1.00 e. The van der Waals surface area contributed by atoms with E-state index in [-0.39, 0.29) is 17.0 Å². The molecule has 0 heterocycles. The standard InChI is InChI=1S/C27H26P.BrH/c1-22-18-19-24(23(2)20-22)21-28(25-12-6-3-7-13-25,26-14-8-4-9-15-26)27-16-10-5-11-17-27;/h3-20H,21H2,1-2H3;1H/q+1;/p-1. The highest BCUT2D eigenvalue weighted by Crippen LogP contribution is 2.58. The summed E-state index contributed by atoms with van der Waals surface area (Å²) in [6.07, 6.45) is 1.04. The van der Waals surface area contributed by atoms with Crippen LogP contribution in [0.15, 0.2) is 109 Å². The third-order valence-electron chi connectivity index (χ3n) is 5.50. The summed E-state index contributed by atoms with van der Waals surface area (Å²) in [4.78, 5) is 0. The third-order valence-corrected chi connectivity index (χ3v) is 9.85. The van der Waals surface area contributed by atoms with Crippen LogP contribution in [0.25, 0.3) is 0 Å². The highest BCUT2D eigenvalue weighted by atomic mass is 79.9. The second kappa shape index (κ2) is 9.53. The molecule has 0 saturated carbocycles. The molecule has 0 fully saturated rings. The zero-order valence-corrected chi connectivity index (χ0v) is 19.4. The fourth-order valence-electron chi connectivity index (χ4n) is 4.05. The summed E-state index contributed by atoms with van der Waals surface area (Å²) in [7, 11) is -1.82. The van der Waals surface area contributed by atoms with Gasteiger partial charge < -0.3 is 17.0 Å². The van der Waals surface area contributed by atoms with Gasteiger partial charge in [0.15, 0.2) is 0 Å². The Hall–Kier alpha value is -2.21. The first-order valence-corrected chi connectivity index (χ1v) is 11.8. The van der Waals surface area contributed by atoms with Gasteiger partial charge in [0.05, 0.1) is 6.16 Å². The smallest absolute Gasteiger partial charge is 0.116 e. The predicted molar refractivity (Wildman–Crippen MR) is 125 cm³/mol. The van der Waals surface area contributed by atoms with Crippen LogP contribution in [0.1, 0.15) is 16.7 Å². The molecule has 0 aromatic heterocycles. The molecule has 146 valence electrons. The Balaban J connectivity index is 0.00000240. The summed E-state index contributed by atoms with van der Waals surface area (Å²) >= 11 is 0. The van der Waals surface area contributed by atoms with Gasteiger partial charge >= 0.3 is 0 Å². The maximum absolute atomic E-state index is 2.33. The van der Waals surface area contributed by atoms with Crippen LogP contribution in [0.3, 0.4) is 0 Å². The molecule has 0 aliphatic heterocycles. The van der Waals surface area contributed by atoms with Crippen molar-refractivity contribution in [2.45, 2.75) is 20.0 Å². The van der Waals surface area contributed by atoms with Gasteiger partial charge in [-0.15, -0.1) is 0 Å². The molecule has 4 aromatic carbocycles. The molecule has 0 nitrogen and oxygen atoms in total. The third kappa shape index (κ3) is 4.37. The largest absolute Gasteiger partial charge is 1.00 e. The van der Waals surface area contributed by atoms with E-state index in [0.29, 0.717) is 0 Å². The van der Waals surface area contributed by atoms with Crippen molar-refractivity contribution in [2.75, 3.05) is 0 Å². The molecule has 0 unspecified atom stereocenters. The number of halogens is 1. The van der Waals surface area contributed by atoms with Gasteiger partial charge in [-0.3, -0.25) is 0 Å². The van der Waals surface area contributed by atoms with E-state index < -0.39 is 7.26 Å². The highest BCUT2D eigenvalue weighted by molar-refractivity contribution is 7.95. The monoisotopic (exact) mass is 460 g/mol.